The normalized spacial score (nSPS) is 10.8. The molecule has 0 bridgehead atoms. The number of carbonyl (C=O) groups is 1. The molecule has 0 saturated heterocycles. The summed E-state index contributed by atoms with van der Waals surface area (Å²) >= 11 is 11.6. The molecule has 0 saturated carbocycles. The maximum absolute atomic E-state index is 11.8. The molecule has 2 rings (SSSR count). The van der Waals surface area contributed by atoms with E-state index in [2.05, 4.69) is 10.5 Å². The number of nitrogens with one attached hydrogen (secondary N) is 1. The summed E-state index contributed by atoms with van der Waals surface area (Å²) in [6.45, 7) is 2.01. The topological polar surface area (TPSA) is 41.5 Å². The van der Waals surface area contributed by atoms with Crippen molar-refractivity contribution in [3.8, 4) is 0 Å². The molecule has 1 amide bonds. The largest absolute Gasteiger partial charge is 0.271 e. The van der Waals surface area contributed by atoms with Crippen LogP contribution < -0.4 is 5.43 Å². The highest BCUT2D eigenvalue weighted by Gasteiger charge is 2.06. The molecule has 0 atom stereocenters. The molecule has 2 aromatic carbocycles. The molecule has 0 unspecified atom stereocenters. The van der Waals surface area contributed by atoms with Crippen LogP contribution in [0.4, 0.5) is 0 Å². The zero-order valence-corrected chi connectivity index (χ0v) is 12.2. The zero-order chi connectivity index (χ0) is 14.5. The van der Waals surface area contributed by atoms with Gasteiger partial charge in [0.15, 0.2) is 0 Å². The molecule has 0 aromatic heterocycles. The molecular weight excluding hydrogens is 295 g/mol. The van der Waals surface area contributed by atoms with Crippen LogP contribution in [0.5, 0.6) is 0 Å². The first-order valence-electron chi connectivity index (χ1n) is 5.91. The van der Waals surface area contributed by atoms with E-state index in [-0.39, 0.29) is 5.91 Å². The predicted octanol–water partition coefficient (Wildman–Crippen LogP) is 4.07. The fourth-order valence-corrected chi connectivity index (χ4v) is 1.82. The van der Waals surface area contributed by atoms with E-state index in [9.17, 15) is 4.79 Å². The van der Waals surface area contributed by atoms with E-state index in [0.29, 0.717) is 15.6 Å². The van der Waals surface area contributed by atoms with Gasteiger partial charge < -0.3 is 0 Å². The standard InChI is InChI=1S/C15H12Cl2N2O/c1-10-2-4-11(5-3-10)9-18-19-15(20)12-6-7-13(16)14(17)8-12/h2-9H,1H3,(H,19,20)/b18-9-. The van der Waals surface area contributed by atoms with E-state index in [1.165, 1.54) is 11.6 Å². The summed E-state index contributed by atoms with van der Waals surface area (Å²) in [6, 6.07) is 12.5. The molecule has 2 aromatic rings. The number of amides is 1. The van der Waals surface area contributed by atoms with Crippen molar-refractivity contribution in [3.05, 3.63) is 69.2 Å². The monoisotopic (exact) mass is 306 g/mol. The third kappa shape index (κ3) is 3.83. The smallest absolute Gasteiger partial charge is 0.267 e. The molecule has 0 radical (unpaired) electrons. The Balaban J connectivity index is 2.01. The minimum atomic E-state index is -0.341. The van der Waals surface area contributed by atoms with E-state index in [4.69, 9.17) is 23.2 Å². The molecule has 0 fully saturated rings. The van der Waals surface area contributed by atoms with Crippen LogP contribution in [0.25, 0.3) is 0 Å². The van der Waals surface area contributed by atoms with Gasteiger partial charge in [-0.1, -0.05) is 53.0 Å². The first-order chi connectivity index (χ1) is 9.56. The van der Waals surface area contributed by atoms with Crippen molar-refractivity contribution in [2.75, 3.05) is 0 Å². The van der Waals surface area contributed by atoms with Crippen molar-refractivity contribution in [3.63, 3.8) is 0 Å². The Labute approximate surface area is 127 Å². The van der Waals surface area contributed by atoms with Gasteiger partial charge >= 0.3 is 0 Å². The third-order valence-electron chi connectivity index (χ3n) is 2.64. The minimum absolute atomic E-state index is 0.335. The number of hydrogen-bond donors (Lipinski definition) is 1. The molecule has 102 valence electrons. The lowest BCUT2D eigenvalue weighted by atomic mass is 10.2. The number of hydrazone groups is 1. The molecule has 0 spiro atoms. The summed E-state index contributed by atoms with van der Waals surface area (Å²) in [5.41, 5.74) is 4.92. The Kier molecular flexibility index (Phi) is 4.77. The van der Waals surface area contributed by atoms with E-state index in [0.717, 1.165) is 5.56 Å². The van der Waals surface area contributed by atoms with Gasteiger partial charge in [0.2, 0.25) is 0 Å². The van der Waals surface area contributed by atoms with Crippen molar-refractivity contribution < 1.29 is 4.79 Å². The molecule has 3 nitrogen and oxygen atoms in total. The van der Waals surface area contributed by atoms with Crippen LogP contribution in [0.3, 0.4) is 0 Å². The van der Waals surface area contributed by atoms with Crippen LogP contribution >= 0.6 is 23.2 Å². The minimum Gasteiger partial charge on any atom is -0.267 e. The van der Waals surface area contributed by atoms with Gasteiger partial charge in [-0.25, -0.2) is 5.43 Å². The fourth-order valence-electron chi connectivity index (χ4n) is 1.52. The predicted molar refractivity (Wildman–Crippen MR) is 82.7 cm³/mol. The van der Waals surface area contributed by atoms with Crippen LogP contribution in [0.1, 0.15) is 21.5 Å². The third-order valence-corrected chi connectivity index (χ3v) is 3.38. The molecule has 0 aliphatic rings. The summed E-state index contributed by atoms with van der Waals surface area (Å²) in [5.74, 6) is -0.341. The molecule has 0 aliphatic heterocycles. The Morgan fingerprint density at radius 1 is 1.10 bits per heavy atom. The van der Waals surface area contributed by atoms with E-state index < -0.39 is 0 Å². The first-order valence-corrected chi connectivity index (χ1v) is 6.67. The summed E-state index contributed by atoms with van der Waals surface area (Å²) in [7, 11) is 0. The highest BCUT2D eigenvalue weighted by molar-refractivity contribution is 6.42. The van der Waals surface area contributed by atoms with Crippen LogP contribution in [0.15, 0.2) is 47.6 Å². The number of nitrogens with zero attached hydrogens (tertiary/aromatic N) is 1. The number of aryl methyl sites for hydroxylation is 1. The van der Waals surface area contributed by atoms with Crippen LogP contribution in [0, 0.1) is 6.92 Å². The van der Waals surface area contributed by atoms with Gasteiger partial charge in [0.05, 0.1) is 16.3 Å². The van der Waals surface area contributed by atoms with Crippen molar-refractivity contribution in [1.29, 1.82) is 0 Å². The lowest BCUT2D eigenvalue weighted by Crippen LogP contribution is -2.17. The fraction of sp³-hybridized carbons (Fsp3) is 0.0667. The van der Waals surface area contributed by atoms with Crippen molar-refractivity contribution in [2.45, 2.75) is 6.92 Å². The summed E-state index contributed by atoms with van der Waals surface area (Å²) < 4.78 is 0. The number of carbonyl (C=O) groups excluding carboxylic acids is 1. The highest BCUT2D eigenvalue weighted by Crippen LogP contribution is 2.22. The molecular formula is C15H12Cl2N2O. The van der Waals surface area contributed by atoms with Gasteiger partial charge in [-0.3, -0.25) is 4.79 Å². The summed E-state index contributed by atoms with van der Waals surface area (Å²) in [5, 5.41) is 4.64. The van der Waals surface area contributed by atoms with E-state index >= 15 is 0 Å². The average molecular weight is 307 g/mol. The van der Waals surface area contributed by atoms with Crippen molar-refractivity contribution in [2.24, 2.45) is 5.10 Å². The Bertz CT molecular complexity index is 651. The summed E-state index contributed by atoms with van der Waals surface area (Å²) in [6.07, 6.45) is 1.58. The molecule has 5 heteroatoms. The van der Waals surface area contributed by atoms with Gasteiger partial charge in [-0.15, -0.1) is 0 Å². The average Bonchev–Trinajstić information content (AvgIpc) is 2.44. The van der Waals surface area contributed by atoms with Gasteiger partial charge in [-0.2, -0.15) is 5.10 Å². The number of rotatable bonds is 3. The van der Waals surface area contributed by atoms with E-state index in [1.54, 1.807) is 18.3 Å². The number of benzene rings is 2. The Morgan fingerprint density at radius 2 is 1.80 bits per heavy atom. The second-order valence-electron chi connectivity index (χ2n) is 4.24. The van der Waals surface area contributed by atoms with Crippen LogP contribution in [-0.2, 0) is 0 Å². The molecule has 20 heavy (non-hydrogen) atoms. The van der Waals surface area contributed by atoms with Gasteiger partial charge in [0.25, 0.3) is 5.91 Å². The van der Waals surface area contributed by atoms with Gasteiger partial charge in [0.1, 0.15) is 0 Å². The Hall–Kier alpha value is -1.84. The lowest BCUT2D eigenvalue weighted by Gasteiger charge is -2.01. The second-order valence-corrected chi connectivity index (χ2v) is 5.05. The van der Waals surface area contributed by atoms with Crippen molar-refractivity contribution >= 4 is 35.3 Å². The van der Waals surface area contributed by atoms with Gasteiger partial charge in [-0.05, 0) is 30.7 Å². The lowest BCUT2D eigenvalue weighted by molar-refractivity contribution is 0.0955. The van der Waals surface area contributed by atoms with Crippen LogP contribution in [0.2, 0.25) is 10.0 Å². The Morgan fingerprint density at radius 3 is 2.45 bits per heavy atom. The molecule has 0 heterocycles. The number of hydrogen-bond acceptors (Lipinski definition) is 2. The molecule has 1 N–H and O–H groups in total. The molecule has 0 aliphatic carbocycles. The maximum Gasteiger partial charge on any atom is 0.271 e. The van der Waals surface area contributed by atoms with Crippen molar-refractivity contribution in [1.82, 2.24) is 5.43 Å². The van der Waals surface area contributed by atoms with E-state index in [1.807, 2.05) is 31.2 Å². The maximum atomic E-state index is 11.8. The van der Waals surface area contributed by atoms with Crippen LogP contribution in [-0.4, -0.2) is 12.1 Å². The summed E-state index contributed by atoms with van der Waals surface area (Å²) in [4.78, 5) is 11.8. The van der Waals surface area contributed by atoms with Gasteiger partial charge in [0, 0.05) is 5.56 Å². The SMILES string of the molecule is Cc1ccc(/C=N\NC(=O)c2ccc(Cl)c(Cl)c2)cc1. The highest BCUT2D eigenvalue weighted by atomic mass is 35.5. The zero-order valence-electron chi connectivity index (χ0n) is 10.7. The quantitative estimate of drug-likeness (QED) is 0.674. The number of halogens is 2. The second kappa shape index (κ2) is 6.55. The first kappa shape index (κ1) is 14.6.